The van der Waals surface area contributed by atoms with Crippen LogP contribution in [0, 0.1) is 5.41 Å². The second-order valence-electron chi connectivity index (χ2n) is 6.26. The highest BCUT2D eigenvalue weighted by atomic mass is 32.1. The molecule has 1 aromatic heterocycles. The van der Waals surface area contributed by atoms with E-state index in [1.54, 1.807) is 0 Å². The van der Waals surface area contributed by atoms with Crippen LogP contribution in [0.4, 0.5) is 10.8 Å². The van der Waals surface area contributed by atoms with Crippen molar-refractivity contribution in [2.24, 2.45) is 5.41 Å². The second-order valence-corrected chi connectivity index (χ2v) is 7.03. The van der Waals surface area contributed by atoms with Gasteiger partial charge in [0, 0.05) is 12.6 Å². The van der Waals surface area contributed by atoms with E-state index in [1.165, 1.54) is 11.5 Å². The molecule has 1 aliphatic rings. The van der Waals surface area contributed by atoms with Crippen LogP contribution in [-0.2, 0) is 0 Å². The Hall–Kier alpha value is -1.30. The number of nitrogens with zero attached hydrogens (tertiary/aromatic N) is 1. The van der Waals surface area contributed by atoms with Crippen molar-refractivity contribution in [3.8, 4) is 0 Å². The van der Waals surface area contributed by atoms with Crippen LogP contribution in [0.1, 0.15) is 50.4 Å². The normalized spacial score (nSPS) is 15.3. The summed E-state index contributed by atoms with van der Waals surface area (Å²) in [4.78, 5) is 12.1. The molecule has 1 aromatic rings. The number of nitrogens with two attached hydrogens (primary N) is 1. The lowest BCUT2D eigenvalue weighted by Gasteiger charge is -2.18. The predicted molar refractivity (Wildman–Crippen MR) is 79.6 cm³/mol. The van der Waals surface area contributed by atoms with Crippen LogP contribution in [0.25, 0.3) is 0 Å². The first-order valence-corrected chi connectivity index (χ1v) is 7.44. The van der Waals surface area contributed by atoms with Crippen molar-refractivity contribution in [3.05, 3.63) is 5.56 Å². The summed E-state index contributed by atoms with van der Waals surface area (Å²) in [5.41, 5.74) is 6.56. The van der Waals surface area contributed by atoms with Crippen molar-refractivity contribution >= 4 is 28.3 Å². The highest BCUT2D eigenvalue weighted by Gasteiger charge is 2.27. The highest BCUT2D eigenvalue weighted by Crippen LogP contribution is 2.29. The van der Waals surface area contributed by atoms with Gasteiger partial charge < -0.3 is 16.4 Å². The quantitative estimate of drug-likeness (QED) is 0.775. The number of amides is 1. The smallest absolute Gasteiger partial charge is 0.258 e. The van der Waals surface area contributed by atoms with Crippen molar-refractivity contribution in [3.63, 3.8) is 0 Å². The molecule has 0 bridgehead atoms. The molecule has 0 unspecified atom stereocenters. The molecule has 1 fully saturated rings. The zero-order valence-corrected chi connectivity index (χ0v) is 12.6. The first-order chi connectivity index (χ1) is 8.87. The van der Waals surface area contributed by atoms with Crippen molar-refractivity contribution < 1.29 is 4.79 Å². The molecule has 1 aliphatic carbocycles. The third kappa shape index (κ3) is 4.09. The minimum Gasteiger partial charge on any atom is -0.382 e. The molecule has 2 rings (SSSR count). The summed E-state index contributed by atoms with van der Waals surface area (Å²) in [6.07, 6.45) is 3.15. The molecule has 106 valence electrons. The van der Waals surface area contributed by atoms with Gasteiger partial charge in [-0.15, -0.1) is 0 Å². The van der Waals surface area contributed by atoms with Gasteiger partial charge in [0.25, 0.3) is 5.91 Å². The lowest BCUT2D eigenvalue weighted by Crippen LogP contribution is -2.26. The van der Waals surface area contributed by atoms with E-state index in [2.05, 4.69) is 35.8 Å². The van der Waals surface area contributed by atoms with Crippen molar-refractivity contribution in [1.29, 1.82) is 0 Å². The molecule has 0 aromatic carbocycles. The number of anilines is 2. The molecule has 19 heavy (non-hydrogen) atoms. The minimum absolute atomic E-state index is 0.105. The molecule has 6 heteroatoms. The number of hydrogen-bond donors (Lipinski definition) is 3. The van der Waals surface area contributed by atoms with Gasteiger partial charge in [-0.2, -0.15) is 4.37 Å². The standard InChI is InChI=1S/C13H22N4OS/c1-13(2,3)6-7-15-12-9(10(14)17-19-12)11(18)16-8-4-5-8/h8,15H,4-7H2,1-3H3,(H2,14,17)(H,16,18). The van der Waals surface area contributed by atoms with Crippen LogP contribution in [-0.4, -0.2) is 22.9 Å². The highest BCUT2D eigenvalue weighted by molar-refractivity contribution is 7.11. The van der Waals surface area contributed by atoms with Crippen molar-refractivity contribution in [2.45, 2.75) is 46.1 Å². The second kappa shape index (κ2) is 5.36. The molecule has 1 heterocycles. The SMILES string of the molecule is CC(C)(C)CCNc1snc(N)c1C(=O)NC1CC1. The Kier molecular flexibility index (Phi) is 3.99. The number of carbonyl (C=O) groups excluding carboxylic acids is 1. The molecule has 5 nitrogen and oxygen atoms in total. The third-order valence-electron chi connectivity index (χ3n) is 3.02. The van der Waals surface area contributed by atoms with E-state index >= 15 is 0 Å². The Morgan fingerprint density at radius 3 is 2.74 bits per heavy atom. The summed E-state index contributed by atoms with van der Waals surface area (Å²) in [7, 11) is 0. The van der Waals surface area contributed by atoms with Crippen LogP contribution >= 0.6 is 11.5 Å². The summed E-state index contributed by atoms with van der Waals surface area (Å²) in [6, 6.07) is 0.328. The fourth-order valence-corrected chi connectivity index (χ4v) is 2.41. The monoisotopic (exact) mass is 282 g/mol. The van der Waals surface area contributed by atoms with E-state index in [4.69, 9.17) is 5.73 Å². The molecule has 1 amide bonds. The van der Waals surface area contributed by atoms with E-state index in [0.29, 0.717) is 17.4 Å². The number of carbonyl (C=O) groups is 1. The van der Waals surface area contributed by atoms with E-state index in [-0.39, 0.29) is 11.3 Å². The fourth-order valence-electron chi connectivity index (χ4n) is 1.68. The Morgan fingerprint density at radius 2 is 2.16 bits per heavy atom. The molecule has 0 radical (unpaired) electrons. The maximum Gasteiger partial charge on any atom is 0.258 e. The Morgan fingerprint density at radius 1 is 1.47 bits per heavy atom. The first kappa shape index (κ1) is 14.1. The summed E-state index contributed by atoms with van der Waals surface area (Å²) in [6.45, 7) is 7.39. The van der Waals surface area contributed by atoms with Gasteiger partial charge in [0.2, 0.25) is 0 Å². The lowest BCUT2D eigenvalue weighted by molar-refractivity contribution is 0.0953. The molecular formula is C13H22N4OS. The first-order valence-electron chi connectivity index (χ1n) is 6.67. The van der Waals surface area contributed by atoms with Gasteiger partial charge in [-0.25, -0.2) is 0 Å². The molecule has 0 aliphatic heterocycles. The number of hydrogen-bond acceptors (Lipinski definition) is 5. The van der Waals surface area contributed by atoms with Gasteiger partial charge in [0.1, 0.15) is 10.6 Å². The van der Waals surface area contributed by atoms with Crippen LogP contribution in [0.15, 0.2) is 0 Å². The van der Waals surface area contributed by atoms with Crippen LogP contribution < -0.4 is 16.4 Å². The number of nitrogen functional groups attached to an aromatic ring is 1. The maximum atomic E-state index is 12.1. The van der Waals surface area contributed by atoms with Gasteiger partial charge in [-0.05, 0) is 36.2 Å². The maximum absolute atomic E-state index is 12.1. The van der Waals surface area contributed by atoms with Gasteiger partial charge in [0.05, 0.1) is 0 Å². The number of aromatic nitrogens is 1. The molecular weight excluding hydrogens is 260 g/mol. The fraction of sp³-hybridized carbons (Fsp3) is 0.692. The van der Waals surface area contributed by atoms with Gasteiger partial charge in [-0.1, -0.05) is 20.8 Å². The average Bonchev–Trinajstić information content (AvgIpc) is 3.00. The minimum atomic E-state index is -0.105. The van der Waals surface area contributed by atoms with E-state index in [9.17, 15) is 4.79 Å². The zero-order chi connectivity index (χ0) is 14.0. The lowest BCUT2D eigenvalue weighted by atomic mass is 9.92. The largest absolute Gasteiger partial charge is 0.382 e. The molecule has 4 N–H and O–H groups in total. The molecule has 0 spiro atoms. The van der Waals surface area contributed by atoms with E-state index in [1.807, 2.05) is 0 Å². The Balaban J connectivity index is 1.98. The van der Waals surface area contributed by atoms with Gasteiger partial charge >= 0.3 is 0 Å². The summed E-state index contributed by atoms with van der Waals surface area (Å²) >= 11 is 1.26. The van der Waals surface area contributed by atoms with Crippen molar-refractivity contribution in [1.82, 2.24) is 9.69 Å². The van der Waals surface area contributed by atoms with Gasteiger partial charge in [0.15, 0.2) is 5.82 Å². The topological polar surface area (TPSA) is 80.0 Å². The van der Waals surface area contributed by atoms with Crippen molar-refractivity contribution in [2.75, 3.05) is 17.6 Å². The number of rotatable bonds is 5. The summed E-state index contributed by atoms with van der Waals surface area (Å²) in [5, 5.41) is 7.01. The van der Waals surface area contributed by atoms with E-state index < -0.39 is 0 Å². The van der Waals surface area contributed by atoms with Gasteiger partial charge in [-0.3, -0.25) is 4.79 Å². The molecule has 0 saturated heterocycles. The Labute approximate surface area is 118 Å². The molecule has 1 saturated carbocycles. The summed E-state index contributed by atoms with van der Waals surface area (Å²) in [5.74, 6) is 0.216. The Bertz CT molecular complexity index is 460. The predicted octanol–water partition coefficient (Wildman–Crippen LogP) is 2.47. The molecule has 0 atom stereocenters. The zero-order valence-electron chi connectivity index (χ0n) is 11.7. The average molecular weight is 282 g/mol. The summed E-state index contributed by atoms with van der Waals surface area (Å²) < 4.78 is 4.08. The van der Waals surface area contributed by atoms with Crippen LogP contribution in [0.5, 0.6) is 0 Å². The van der Waals surface area contributed by atoms with E-state index in [0.717, 1.165) is 30.8 Å². The van der Waals surface area contributed by atoms with Crippen LogP contribution in [0.3, 0.4) is 0 Å². The third-order valence-corrected chi connectivity index (χ3v) is 3.84. The van der Waals surface area contributed by atoms with Crippen LogP contribution in [0.2, 0.25) is 0 Å². The number of nitrogens with one attached hydrogen (secondary N) is 2.